The number of aromatic amines is 1. The van der Waals surface area contributed by atoms with Crippen molar-refractivity contribution in [3.05, 3.63) is 29.3 Å². The number of fused-ring (bicyclic) bond motifs is 5. The number of aliphatic hydroxyl groups is 1. The van der Waals surface area contributed by atoms with Gasteiger partial charge in [0.1, 0.15) is 35.5 Å². The molecule has 0 aliphatic carbocycles. The minimum absolute atomic E-state index is 0.0507. The molecule has 7 rings (SSSR count). The van der Waals surface area contributed by atoms with Gasteiger partial charge in [-0.25, -0.2) is 33.5 Å². The maximum Gasteiger partial charge on any atom is 0.386 e. The molecule has 3 aliphatic heterocycles. The highest BCUT2D eigenvalue weighted by Crippen LogP contribution is 2.62. The molecular weight excluding hydrogens is 701 g/mol. The van der Waals surface area contributed by atoms with Crippen molar-refractivity contribution in [1.82, 2.24) is 39.0 Å². The highest BCUT2D eigenvalue weighted by molar-refractivity contribution is 8.44. The van der Waals surface area contributed by atoms with Crippen molar-refractivity contribution < 1.29 is 41.5 Å². The summed E-state index contributed by atoms with van der Waals surface area (Å²) in [6, 6.07) is 0. The third kappa shape index (κ3) is 5.67. The predicted octanol–water partition coefficient (Wildman–Crippen LogP) is 1.23. The van der Waals surface area contributed by atoms with Crippen LogP contribution in [0, 0.1) is 0 Å². The van der Waals surface area contributed by atoms with E-state index >= 15 is 4.39 Å². The molecule has 3 saturated heterocycles. The Kier molecular flexibility index (Phi) is 7.96. The summed E-state index contributed by atoms with van der Waals surface area (Å²) >= 11 is 9.16. The number of nitrogen functional groups attached to an aromatic ring is 2. The third-order valence-corrected chi connectivity index (χ3v) is 12.0. The molecule has 0 spiro atoms. The van der Waals surface area contributed by atoms with E-state index in [1.807, 2.05) is 0 Å². The number of aliphatic hydroxyl groups excluding tert-OH is 1. The number of alkyl halides is 1. The van der Waals surface area contributed by atoms with Crippen molar-refractivity contribution in [2.75, 3.05) is 24.7 Å². The highest BCUT2D eigenvalue weighted by Gasteiger charge is 2.53. The van der Waals surface area contributed by atoms with Gasteiger partial charge in [0.05, 0.1) is 37.2 Å². The van der Waals surface area contributed by atoms with Crippen LogP contribution in [0.3, 0.4) is 0 Å². The molecule has 0 amide bonds. The van der Waals surface area contributed by atoms with Crippen molar-refractivity contribution >= 4 is 83.9 Å². The second-order valence-corrected chi connectivity index (χ2v) is 17.2. The van der Waals surface area contributed by atoms with Gasteiger partial charge in [-0.15, -0.1) is 11.8 Å². The molecule has 4 aromatic rings. The zero-order valence-corrected chi connectivity index (χ0v) is 26.7. The first-order valence-corrected chi connectivity index (χ1v) is 19.2. The zero-order valence-electron chi connectivity index (χ0n) is 22.3. The number of aromatic nitrogens is 8. The van der Waals surface area contributed by atoms with Gasteiger partial charge in [-0.05, 0) is 0 Å². The molecule has 6 N–H and O–H groups in total. The fourth-order valence-corrected chi connectivity index (χ4v) is 9.89. The van der Waals surface area contributed by atoms with Gasteiger partial charge in [-0.3, -0.25) is 37.0 Å². The lowest BCUT2D eigenvalue weighted by atomic mass is 10.1. The van der Waals surface area contributed by atoms with Crippen LogP contribution in [0.5, 0.6) is 0 Å². The number of nitrogens with one attached hydrogen (secondary N) is 1. The normalized spacial score (nSPS) is 37.7. The van der Waals surface area contributed by atoms with Crippen LogP contribution in [0.2, 0.25) is 0 Å². The summed E-state index contributed by atoms with van der Waals surface area (Å²) in [6.45, 7) is -9.76. The first kappa shape index (κ1) is 31.3. The van der Waals surface area contributed by atoms with Crippen LogP contribution in [-0.2, 0) is 32.0 Å². The second kappa shape index (κ2) is 11.4. The van der Waals surface area contributed by atoms with Crippen LogP contribution in [0.25, 0.3) is 22.3 Å². The minimum atomic E-state index is -4.35. The molecule has 7 heterocycles. The largest absolute Gasteiger partial charge is 0.389 e. The summed E-state index contributed by atoms with van der Waals surface area (Å²) in [5.41, 5.74) is 11.3. The predicted molar refractivity (Wildman–Crippen MR) is 162 cm³/mol. The number of anilines is 2. The Morgan fingerprint density at radius 3 is 2.47 bits per heavy atom. The van der Waals surface area contributed by atoms with Crippen molar-refractivity contribution in [2.24, 2.45) is 0 Å². The summed E-state index contributed by atoms with van der Waals surface area (Å²) in [6.07, 6.45) is -5.48. The smallest absolute Gasteiger partial charge is 0.386 e. The molecular formula is C20H23FN10O9P2S3. The third-order valence-electron chi connectivity index (χ3n) is 7.28. The molecule has 0 saturated carbocycles. The molecule has 0 aromatic carbocycles. The number of halogens is 1. The number of nitrogens with zero attached hydrogens (tertiary/aromatic N) is 7. The summed E-state index contributed by atoms with van der Waals surface area (Å²) < 4.78 is 73.8. The Morgan fingerprint density at radius 1 is 1.00 bits per heavy atom. The molecule has 25 heteroatoms. The standard InChI is InChI=1S/C20H23FN10O9P2S3/c21-8-12-6(38-18(8)30-4-26-9-14(22)24-3-25-15(9)30)1-36-41(34,43)40-13-11(32)7(2-37-42(35,44)39-12)45-19(13)31-5-27-10-16(31)28-20(23)29-17(10)33/h3-8,11-13,18-19,32H,1-2H2,(H,34,43)(H,35,44)(H2,22,24,25)(H3,23,28,29,33)/t6-,7-,8+,11-,12-,13-,18-,19-,41+,42+/m1/s1. The molecule has 45 heavy (non-hydrogen) atoms. The quantitative estimate of drug-likeness (QED) is 0.125. The number of hydrogen-bond donors (Lipinski definition) is 6. The Labute approximate surface area is 265 Å². The Morgan fingerprint density at radius 2 is 1.69 bits per heavy atom. The van der Waals surface area contributed by atoms with Crippen LogP contribution in [-0.4, -0.2) is 93.2 Å². The Balaban J connectivity index is 1.21. The van der Waals surface area contributed by atoms with Gasteiger partial charge in [-0.2, -0.15) is 4.98 Å². The molecule has 19 nitrogen and oxygen atoms in total. The van der Waals surface area contributed by atoms with Crippen LogP contribution in [0.1, 0.15) is 11.6 Å². The Bertz CT molecular complexity index is 1950. The molecule has 0 radical (unpaired) electrons. The number of ether oxygens (including phenoxy) is 1. The van der Waals surface area contributed by atoms with Gasteiger partial charge in [-0.1, -0.05) is 24.5 Å². The zero-order chi connectivity index (χ0) is 31.8. The first-order valence-electron chi connectivity index (χ1n) is 12.9. The van der Waals surface area contributed by atoms with Crippen LogP contribution < -0.4 is 17.0 Å². The Hall–Kier alpha value is -2.30. The van der Waals surface area contributed by atoms with Crippen molar-refractivity contribution in [2.45, 2.75) is 47.4 Å². The summed E-state index contributed by atoms with van der Waals surface area (Å²) in [7, 11) is 0. The molecule has 2 bridgehead atoms. The fraction of sp³-hybridized carbons (Fsp3) is 0.500. The summed E-state index contributed by atoms with van der Waals surface area (Å²) in [5, 5.41) is 9.38. The van der Waals surface area contributed by atoms with E-state index in [2.05, 4.69) is 54.4 Å². The fourth-order valence-electron chi connectivity index (χ4n) is 5.26. The van der Waals surface area contributed by atoms with Crippen molar-refractivity contribution in [3.63, 3.8) is 0 Å². The van der Waals surface area contributed by atoms with Gasteiger partial charge in [0, 0.05) is 0 Å². The van der Waals surface area contributed by atoms with E-state index in [0.29, 0.717) is 0 Å². The van der Waals surface area contributed by atoms with Crippen LogP contribution in [0.15, 0.2) is 23.8 Å². The maximum atomic E-state index is 16.0. The number of H-pyrrole nitrogens is 1. The molecule has 242 valence electrons. The van der Waals surface area contributed by atoms with E-state index in [4.69, 9.17) is 34.3 Å². The number of hydrogen-bond acceptors (Lipinski definition) is 17. The van der Waals surface area contributed by atoms with Gasteiger partial charge >= 0.3 is 13.6 Å². The lowest BCUT2D eigenvalue weighted by molar-refractivity contribution is -0.0427. The average Bonchev–Trinajstić information content (AvgIpc) is 3.72. The summed E-state index contributed by atoms with van der Waals surface area (Å²) in [5.74, 6) is -0.137. The lowest BCUT2D eigenvalue weighted by Gasteiger charge is -2.26. The highest BCUT2D eigenvalue weighted by atomic mass is 32.7. The van der Waals surface area contributed by atoms with E-state index in [1.165, 1.54) is 28.1 Å². The molecule has 0 unspecified atom stereocenters. The molecule has 3 aliphatic rings. The number of imidazole rings is 2. The van der Waals surface area contributed by atoms with E-state index in [0.717, 1.165) is 11.8 Å². The summed E-state index contributed by atoms with van der Waals surface area (Å²) in [4.78, 5) is 35.0. The topological polar surface area (TPSA) is 260 Å². The monoisotopic (exact) mass is 724 g/mol. The number of thiol groups is 2. The van der Waals surface area contributed by atoms with Gasteiger partial charge in [0.2, 0.25) is 5.95 Å². The lowest BCUT2D eigenvalue weighted by Crippen LogP contribution is -2.35. The van der Waals surface area contributed by atoms with E-state index in [9.17, 15) is 19.0 Å². The molecule has 10 atom stereocenters. The van der Waals surface area contributed by atoms with Crippen LogP contribution >= 0.6 is 49.9 Å². The van der Waals surface area contributed by atoms with E-state index < -0.39 is 79.8 Å². The van der Waals surface area contributed by atoms with Crippen molar-refractivity contribution in [3.8, 4) is 0 Å². The number of nitrogens with two attached hydrogens (primary N) is 2. The van der Waals surface area contributed by atoms with E-state index in [1.54, 1.807) is 0 Å². The molecule has 4 aromatic heterocycles. The number of rotatable bonds is 2. The van der Waals surface area contributed by atoms with Gasteiger partial charge < -0.3 is 21.3 Å². The van der Waals surface area contributed by atoms with Crippen molar-refractivity contribution in [1.29, 1.82) is 0 Å². The second-order valence-electron chi connectivity index (χ2n) is 10.1. The average molecular weight is 725 g/mol. The first-order chi connectivity index (χ1) is 21.3. The minimum Gasteiger partial charge on any atom is -0.389 e. The molecule has 3 fully saturated rings. The van der Waals surface area contributed by atoms with E-state index in [-0.39, 0.29) is 34.1 Å². The maximum absolute atomic E-state index is 16.0. The van der Waals surface area contributed by atoms with Gasteiger partial charge in [0.25, 0.3) is 5.56 Å². The SMILES string of the molecule is Nc1nc2c(ncn2[C@@H]2S[C@@H]3CO[P@](=O)(S)O[C@H]4[C@H](F)[C@H](n5cnc6c(N)ncnc65)O[C@@H]4CO[P@](=O)(S)O[C@@H]2[C@@H]3O)c(=O)[nH]1. The van der Waals surface area contributed by atoms with Gasteiger partial charge in [0.15, 0.2) is 35.0 Å². The van der Waals surface area contributed by atoms with Crippen LogP contribution in [0.4, 0.5) is 16.2 Å². The number of thioether (sulfide) groups is 1.